The van der Waals surface area contributed by atoms with E-state index in [-0.39, 0.29) is 5.91 Å². The van der Waals surface area contributed by atoms with Crippen LogP contribution in [0.1, 0.15) is 11.1 Å². The molecule has 2 aromatic carbocycles. The number of fused-ring (bicyclic) bond motifs is 1. The predicted molar refractivity (Wildman–Crippen MR) is 92.1 cm³/mol. The van der Waals surface area contributed by atoms with Crippen LogP contribution in [-0.2, 0) is 4.79 Å². The Morgan fingerprint density at radius 1 is 1.00 bits per heavy atom. The van der Waals surface area contributed by atoms with Crippen LogP contribution >= 0.6 is 0 Å². The number of anilines is 1. The summed E-state index contributed by atoms with van der Waals surface area (Å²) in [5.41, 5.74) is 3.78. The van der Waals surface area contributed by atoms with Crippen molar-refractivity contribution in [1.82, 2.24) is 4.90 Å². The van der Waals surface area contributed by atoms with Crippen LogP contribution in [0.4, 0.5) is 5.69 Å². The Labute approximate surface area is 135 Å². The highest BCUT2D eigenvalue weighted by Crippen LogP contribution is 2.28. The van der Waals surface area contributed by atoms with Gasteiger partial charge >= 0.3 is 0 Å². The van der Waals surface area contributed by atoms with Gasteiger partial charge in [-0.1, -0.05) is 42.5 Å². The maximum atomic E-state index is 12.6. The molecule has 1 fully saturated rings. The Morgan fingerprint density at radius 3 is 2.57 bits per heavy atom. The average Bonchev–Trinajstić information content (AvgIpc) is 3.10. The standard InChI is InChI=1S/C19H17N3O/c1-14-6-5-9-16(12-14)21-10-11-22-18(23)17(20-19(21)22)13-15-7-3-2-4-8-15/h2-9,12-13H,10-11H2,1H3/b17-13-. The van der Waals surface area contributed by atoms with E-state index in [4.69, 9.17) is 0 Å². The minimum atomic E-state index is -0.0148. The first-order valence-electron chi connectivity index (χ1n) is 7.74. The number of carbonyl (C=O) groups excluding carboxylic acids is 1. The Morgan fingerprint density at radius 2 is 1.78 bits per heavy atom. The molecule has 0 bridgehead atoms. The highest BCUT2D eigenvalue weighted by Gasteiger charge is 2.38. The largest absolute Gasteiger partial charge is 0.310 e. The van der Waals surface area contributed by atoms with Gasteiger partial charge < -0.3 is 4.90 Å². The Kier molecular flexibility index (Phi) is 3.23. The molecule has 0 spiro atoms. The van der Waals surface area contributed by atoms with Gasteiger partial charge in [0.05, 0.1) is 0 Å². The Balaban J connectivity index is 1.70. The summed E-state index contributed by atoms with van der Waals surface area (Å²) >= 11 is 0. The number of aryl methyl sites for hydroxylation is 1. The van der Waals surface area contributed by atoms with E-state index in [1.165, 1.54) is 5.56 Å². The maximum absolute atomic E-state index is 12.6. The SMILES string of the molecule is Cc1cccc(N2CCN3C(=O)/C(=C/c4ccccc4)N=C32)c1. The molecule has 1 amide bonds. The third-order valence-electron chi connectivity index (χ3n) is 4.13. The second kappa shape index (κ2) is 5.39. The van der Waals surface area contributed by atoms with E-state index < -0.39 is 0 Å². The molecule has 2 heterocycles. The third-order valence-corrected chi connectivity index (χ3v) is 4.13. The van der Waals surface area contributed by atoms with Crippen LogP contribution in [0.5, 0.6) is 0 Å². The van der Waals surface area contributed by atoms with Crippen LogP contribution in [0.25, 0.3) is 6.08 Å². The minimum absolute atomic E-state index is 0.0148. The molecule has 0 aromatic heterocycles. The molecule has 1 saturated heterocycles. The number of nitrogens with zero attached hydrogens (tertiary/aromatic N) is 3. The molecule has 2 aliphatic rings. The fourth-order valence-corrected chi connectivity index (χ4v) is 2.99. The molecule has 0 radical (unpaired) electrons. The predicted octanol–water partition coefficient (Wildman–Crippen LogP) is 3.05. The molecule has 23 heavy (non-hydrogen) atoms. The topological polar surface area (TPSA) is 35.9 Å². The zero-order chi connectivity index (χ0) is 15.8. The fourth-order valence-electron chi connectivity index (χ4n) is 2.99. The lowest BCUT2D eigenvalue weighted by molar-refractivity contribution is -0.122. The number of benzene rings is 2. The summed E-state index contributed by atoms with van der Waals surface area (Å²) in [6.07, 6.45) is 1.85. The highest BCUT2D eigenvalue weighted by atomic mass is 16.2. The average molecular weight is 303 g/mol. The molecule has 0 N–H and O–H groups in total. The summed E-state index contributed by atoms with van der Waals surface area (Å²) in [5, 5.41) is 0. The van der Waals surface area contributed by atoms with E-state index in [1.54, 1.807) is 4.90 Å². The van der Waals surface area contributed by atoms with E-state index in [0.717, 1.165) is 23.8 Å². The summed E-state index contributed by atoms with van der Waals surface area (Å²) in [6.45, 7) is 3.53. The monoisotopic (exact) mass is 303 g/mol. The molecule has 0 atom stereocenters. The van der Waals surface area contributed by atoms with Crippen molar-refractivity contribution in [3.8, 4) is 0 Å². The fraction of sp³-hybridized carbons (Fsp3) is 0.158. The lowest BCUT2D eigenvalue weighted by Gasteiger charge is -2.18. The number of amides is 1. The number of rotatable bonds is 2. The molecule has 4 nitrogen and oxygen atoms in total. The Hall–Kier alpha value is -2.88. The van der Waals surface area contributed by atoms with Gasteiger partial charge in [0.1, 0.15) is 5.70 Å². The van der Waals surface area contributed by atoms with E-state index >= 15 is 0 Å². The molecule has 4 rings (SSSR count). The van der Waals surface area contributed by atoms with Crippen LogP contribution in [0.2, 0.25) is 0 Å². The molecule has 2 aromatic rings. The van der Waals surface area contributed by atoms with Crippen molar-refractivity contribution in [1.29, 1.82) is 0 Å². The van der Waals surface area contributed by atoms with Crippen molar-refractivity contribution < 1.29 is 4.79 Å². The second-order valence-electron chi connectivity index (χ2n) is 5.80. The van der Waals surface area contributed by atoms with Crippen molar-refractivity contribution in [2.24, 2.45) is 4.99 Å². The summed E-state index contributed by atoms with van der Waals surface area (Å²) < 4.78 is 0. The third kappa shape index (κ3) is 2.42. The summed E-state index contributed by atoms with van der Waals surface area (Å²) in [5.74, 6) is 0.724. The molecule has 2 aliphatic heterocycles. The van der Waals surface area contributed by atoms with Gasteiger partial charge in [0.15, 0.2) is 0 Å². The molecule has 114 valence electrons. The maximum Gasteiger partial charge on any atom is 0.279 e. The van der Waals surface area contributed by atoms with Crippen LogP contribution in [0, 0.1) is 6.92 Å². The molecule has 0 unspecified atom stereocenters. The van der Waals surface area contributed by atoms with Crippen molar-refractivity contribution >= 4 is 23.6 Å². The van der Waals surface area contributed by atoms with Crippen molar-refractivity contribution in [3.05, 3.63) is 71.4 Å². The van der Waals surface area contributed by atoms with Crippen LogP contribution in [0.3, 0.4) is 0 Å². The lowest BCUT2D eigenvalue weighted by atomic mass is 10.2. The number of hydrogen-bond acceptors (Lipinski definition) is 3. The van der Waals surface area contributed by atoms with Crippen LogP contribution < -0.4 is 4.90 Å². The van der Waals surface area contributed by atoms with Gasteiger partial charge in [-0.05, 0) is 36.3 Å². The Bertz CT molecular complexity index is 824. The number of guanidine groups is 1. The molecular weight excluding hydrogens is 286 g/mol. The minimum Gasteiger partial charge on any atom is -0.310 e. The second-order valence-corrected chi connectivity index (χ2v) is 5.80. The molecule has 4 heteroatoms. The zero-order valence-corrected chi connectivity index (χ0v) is 12.9. The van der Waals surface area contributed by atoms with Gasteiger partial charge in [-0.3, -0.25) is 9.69 Å². The van der Waals surface area contributed by atoms with Crippen LogP contribution in [-0.4, -0.2) is 29.9 Å². The van der Waals surface area contributed by atoms with E-state index in [2.05, 4.69) is 35.0 Å². The van der Waals surface area contributed by atoms with E-state index in [1.807, 2.05) is 42.5 Å². The van der Waals surface area contributed by atoms with E-state index in [0.29, 0.717) is 12.2 Å². The van der Waals surface area contributed by atoms with Gasteiger partial charge in [0, 0.05) is 18.8 Å². The van der Waals surface area contributed by atoms with Gasteiger partial charge in [0.2, 0.25) is 5.96 Å². The smallest absolute Gasteiger partial charge is 0.279 e. The first-order valence-corrected chi connectivity index (χ1v) is 7.74. The van der Waals surface area contributed by atoms with Crippen molar-refractivity contribution in [2.45, 2.75) is 6.92 Å². The normalized spacial score (nSPS) is 18.6. The highest BCUT2D eigenvalue weighted by molar-refractivity contribution is 6.19. The first-order chi connectivity index (χ1) is 11.2. The van der Waals surface area contributed by atoms with Crippen LogP contribution in [0.15, 0.2) is 65.3 Å². The van der Waals surface area contributed by atoms with Gasteiger partial charge in [0.25, 0.3) is 5.91 Å². The van der Waals surface area contributed by atoms with E-state index in [9.17, 15) is 4.79 Å². The number of carbonyl (C=O) groups is 1. The number of hydrogen-bond donors (Lipinski definition) is 0. The van der Waals surface area contributed by atoms with Crippen molar-refractivity contribution in [2.75, 3.05) is 18.0 Å². The number of aliphatic imine (C=N–C) groups is 1. The molecular formula is C19H17N3O. The summed E-state index contributed by atoms with van der Waals surface area (Å²) in [4.78, 5) is 21.0. The zero-order valence-electron chi connectivity index (χ0n) is 12.9. The molecule has 0 aliphatic carbocycles. The summed E-state index contributed by atoms with van der Waals surface area (Å²) in [6, 6.07) is 18.1. The van der Waals surface area contributed by atoms with Crippen molar-refractivity contribution in [3.63, 3.8) is 0 Å². The van der Waals surface area contributed by atoms with Gasteiger partial charge in [-0.2, -0.15) is 0 Å². The first kappa shape index (κ1) is 13.8. The lowest BCUT2D eigenvalue weighted by Crippen LogP contribution is -2.32. The molecule has 0 saturated carbocycles. The van der Waals surface area contributed by atoms with Gasteiger partial charge in [-0.15, -0.1) is 0 Å². The summed E-state index contributed by atoms with van der Waals surface area (Å²) in [7, 11) is 0. The quantitative estimate of drug-likeness (QED) is 0.799. The van der Waals surface area contributed by atoms with Gasteiger partial charge in [-0.25, -0.2) is 4.99 Å².